The highest BCUT2D eigenvalue weighted by Crippen LogP contribution is 2.62. The number of benzene rings is 5. The lowest BCUT2D eigenvalue weighted by Crippen LogP contribution is -2.57. The molecule has 2 bridgehead atoms. The van der Waals surface area contributed by atoms with Crippen molar-refractivity contribution in [3.8, 4) is 34.5 Å². The number of carbonyl (C=O) groups excluding carboxylic acids is 1. The molecule has 3 heterocycles. The lowest BCUT2D eigenvalue weighted by atomic mass is 9.74. The van der Waals surface area contributed by atoms with Crippen LogP contribution in [-0.2, 0) is 12.2 Å². The summed E-state index contributed by atoms with van der Waals surface area (Å²) >= 11 is 0. The average Bonchev–Trinajstić information content (AvgIpc) is 3.13. The van der Waals surface area contributed by atoms with Crippen molar-refractivity contribution in [3.63, 3.8) is 0 Å². The zero-order chi connectivity index (χ0) is 33.0. The van der Waals surface area contributed by atoms with E-state index >= 15 is 0 Å². The zero-order valence-electron chi connectivity index (χ0n) is 26.8. The van der Waals surface area contributed by atoms with Crippen LogP contribution in [0.4, 0.5) is 0 Å². The Balaban J connectivity index is 1.35. The molecule has 0 saturated carbocycles. The first kappa shape index (κ1) is 29.9. The first-order valence-corrected chi connectivity index (χ1v) is 16.0. The topological polar surface area (TPSA) is 92.7 Å². The van der Waals surface area contributed by atoms with Crippen LogP contribution in [0.2, 0.25) is 0 Å². The molecule has 0 fully saturated rings. The second-order valence-corrected chi connectivity index (χ2v) is 12.2. The number of aliphatic hydroxyl groups is 1. The van der Waals surface area contributed by atoms with E-state index in [2.05, 4.69) is 12.1 Å². The van der Waals surface area contributed by atoms with Gasteiger partial charge in [-0.15, -0.1) is 0 Å². The van der Waals surface area contributed by atoms with Crippen molar-refractivity contribution in [1.29, 1.82) is 0 Å². The predicted molar refractivity (Wildman–Crippen MR) is 177 cm³/mol. The van der Waals surface area contributed by atoms with Gasteiger partial charge in [0.25, 0.3) is 0 Å². The zero-order valence-corrected chi connectivity index (χ0v) is 26.8. The minimum Gasteiger partial charge on any atom is -0.496 e. The maximum Gasteiger partial charge on any atom is 0.343 e. The highest BCUT2D eigenvalue weighted by atomic mass is 16.7. The lowest BCUT2D eigenvalue weighted by Gasteiger charge is -2.50. The number of ether oxygens (including phenoxy) is 6. The lowest BCUT2D eigenvalue weighted by molar-refractivity contribution is -0.218. The smallest absolute Gasteiger partial charge is 0.343 e. The number of methoxy groups -OCH3 is 2. The standard InChI is InChI=1S/C40H34O8/c1-23-29(46-39(42)25-15-9-5-10-16-25)21-31-33(36(23)44-3)35-34-32(48-40(47-31,38(35)41)26-17-11-6-12-18-26)22-30(43-2)27-19-20-28(45-37(27)34)24-13-7-4-8-14-24/h4-18,21-22,28,35,38,41H,19-20H2,1-3H3/t28-,35+,38+,40-/m0/s1. The number of hydrogen-bond donors (Lipinski definition) is 1. The molecule has 0 aromatic heterocycles. The van der Waals surface area contributed by atoms with Crippen molar-refractivity contribution in [2.75, 3.05) is 14.2 Å². The first-order chi connectivity index (χ1) is 23.4. The second-order valence-electron chi connectivity index (χ2n) is 12.2. The van der Waals surface area contributed by atoms with Gasteiger partial charge < -0.3 is 33.5 Å². The van der Waals surface area contributed by atoms with Crippen molar-refractivity contribution >= 4 is 5.97 Å². The van der Waals surface area contributed by atoms with E-state index in [1.165, 1.54) is 0 Å². The number of esters is 1. The molecule has 8 heteroatoms. The Morgan fingerprint density at radius 3 is 2.10 bits per heavy atom. The van der Waals surface area contributed by atoms with Crippen LogP contribution in [0.15, 0.2) is 103 Å². The maximum absolute atomic E-state index is 13.2. The third-order valence-corrected chi connectivity index (χ3v) is 9.58. The highest BCUT2D eigenvalue weighted by molar-refractivity contribution is 5.91. The highest BCUT2D eigenvalue weighted by Gasteiger charge is 2.60. The largest absolute Gasteiger partial charge is 0.496 e. The summed E-state index contributed by atoms with van der Waals surface area (Å²) in [4.78, 5) is 13.2. The second kappa shape index (κ2) is 11.6. The van der Waals surface area contributed by atoms with Gasteiger partial charge in [-0.05, 0) is 37.5 Å². The van der Waals surface area contributed by atoms with Gasteiger partial charge in [-0.3, -0.25) is 0 Å². The summed E-state index contributed by atoms with van der Waals surface area (Å²) in [5.74, 6) is -0.0867. The van der Waals surface area contributed by atoms with E-state index in [-0.39, 0.29) is 11.9 Å². The summed E-state index contributed by atoms with van der Waals surface area (Å²) in [7, 11) is 3.19. The van der Waals surface area contributed by atoms with E-state index < -0.39 is 23.8 Å². The van der Waals surface area contributed by atoms with Gasteiger partial charge in [-0.2, -0.15) is 0 Å². The van der Waals surface area contributed by atoms with Crippen LogP contribution < -0.4 is 28.4 Å². The minimum atomic E-state index is -1.65. The van der Waals surface area contributed by atoms with Crippen LogP contribution in [0.5, 0.6) is 34.5 Å². The fourth-order valence-corrected chi connectivity index (χ4v) is 7.30. The van der Waals surface area contributed by atoms with Crippen molar-refractivity contribution in [1.82, 2.24) is 0 Å². The minimum absolute atomic E-state index is 0.212. The average molecular weight is 643 g/mol. The molecule has 4 atom stereocenters. The van der Waals surface area contributed by atoms with Gasteiger partial charge in [0.2, 0.25) is 0 Å². The molecule has 0 unspecified atom stereocenters. The molecule has 0 aliphatic carbocycles. The molecule has 0 saturated heterocycles. The van der Waals surface area contributed by atoms with Gasteiger partial charge in [-0.25, -0.2) is 4.79 Å². The quantitative estimate of drug-likeness (QED) is 0.151. The number of carbonyl (C=O) groups is 1. The predicted octanol–water partition coefficient (Wildman–Crippen LogP) is 7.43. The molecule has 48 heavy (non-hydrogen) atoms. The Morgan fingerprint density at radius 2 is 1.44 bits per heavy atom. The molecule has 0 amide bonds. The van der Waals surface area contributed by atoms with Gasteiger partial charge in [0, 0.05) is 39.9 Å². The number of fused-ring (bicyclic) bond motifs is 8. The number of aliphatic hydroxyl groups excluding tert-OH is 1. The summed E-state index contributed by atoms with van der Waals surface area (Å²) in [5, 5.41) is 12.5. The van der Waals surface area contributed by atoms with Crippen LogP contribution >= 0.6 is 0 Å². The monoisotopic (exact) mass is 642 g/mol. The Kier molecular flexibility index (Phi) is 7.26. The Hall–Kier alpha value is -5.47. The van der Waals surface area contributed by atoms with Crippen molar-refractivity contribution < 1.29 is 38.3 Å². The molecule has 0 spiro atoms. The Bertz CT molecular complexity index is 2010. The molecule has 8 nitrogen and oxygen atoms in total. The summed E-state index contributed by atoms with van der Waals surface area (Å²) in [6, 6.07) is 31.8. The summed E-state index contributed by atoms with van der Waals surface area (Å²) in [6.07, 6.45) is 0.0258. The van der Waals surface area contributed by atoms with E-state index in [9.17, 15) is 9.90 Å². The third-order valence-electron chi connectivity index (χ3n) is 9.58. The van der Waals surface area contributed by atoms with Gasteiger partial charge >= 0.3 is 11.8 Å². The molecule has 242 valence electrons. The summed E-state index contributed by atoms with van der Waals surface area (Å²) in [6.45, 7) is 1.82. The Morgan fingerprint density at radius 1 is 0.812 bits per heavy atom. The van der Waals surface area contributed by atoms with Crippen LogP contribution in [0.25, 0.3) is 0 Å². The van der Waals surface area contributed by atoms with Gasteiger partial charge in [0.15, 0.2) is 0 Å². The van der Waals surface area contributed by atoms with Crippen LogP contribution in [-0.4, -0.2) is 31.4 Å². The van der Waals surface area contributed by atoms with Crippen molar-refractivity contribution in [3.05, 3.63) is 142 Å². The van der Waals surface area contributed by atoms with Crippen molar-refractivity contribution in [2.24, 2.45) is 0 Å². The first-order valence-electron chi connectivity index (χ1n) is 16.0. The molecule has 8 rings (SSSR count). The van der Waals surface area contributed by atoms with E-state index in [0.717, 1.165) is 17.5 Å². The van der Waals surface area contributed by atoms with Crippen LogP contribution in [0.3, 0.4) is 0 Å². The van der Waals surface area contributed by atoms with E-state index in [0.29, 0.717) is 63.0 Å². The summed E-state index contributed by atoms with van der Waals surface area (Å²) < 4.78 is 38.3. The molecule has 5 aromatic rings. The molecular weight excluding hydrogens is 608 g/mol. The van der Waals surface area contributed by atoms with Crippen LogP contribution in [0, 0.1) is 6.92 Å². The van der Waals surface area contributed by atoms with Gasteiger partial charge in [0.1, 0.15) is 46.7 Å². The third kappa shape index (κ3) is 4.58. The SMILES string of the molecule is COc1cc2c(c3c1CC[C@@H](c1ccccc1)O3)[C@H]1c3c(cc(OC(=O)c4ccccc4)c(C)c3OC)O[C@@](c3ccccc3)(O2)[C@@H]1O. The van der Waals surface area contributed by atoms with Crippen molar-refractivity contribution in [2.45, 2.75) is 43.7 Å². The van der Waals surface area contributed by atoms with Crippen LogP contribution in [0.1, 0.15) is 62.2 Å². The summed E-state index contributed by atoms with van der Waals surface area (Å²) in [5.41, 5.74) is 4.86. The normalized spacial score (nSPS) is 21.6. The van der Waals surface area contributed by atoms with Gasteiger partial charge in [-0.1, -0.05) is 78.9 Å². The molecule has 3 aliphatic heterocycles. The van der Waals surface area contributed by atoms with Gasteiger partial charge in [0.05, 0.1) is 25.7 Å². The molecular formula is C40H34O8. The molecule has 3 aliphatic rings. The number of hydrogen-bond acceptors (Lipinski definition) is 8. The maximum atomic E-state index is 13.2. The van der Waals surface area contributed by atoms with E-state index in [1.807, 2.05) is 67.6 Å². The fraction of sp³-hybridized carbons (Fsp3) is 0.225. The fourth-order valence-electron chi connectivity index (χ4n) is 7.30. The van der Waals surface area contributed by atoms with E-state index in [1.54, 1.807) is 44.6 Å². The molecule has 5 aromatic carbocycles. The molecule has 1 N–H and O–H groups in total. The molecule has 0 radical (unpaired) electrons. The number of rotatable bonds is 6. The Labute approximate surface area is 278 Å². The van der Waals surface area contributed by atoms with E-state index in [4.69, 9.17) is 28.4 Å².